The Hall–Kier alpha value is -3.14. The molecule has 0 aromatic heterocycles. The maximum atomic E-state index is 7.46. The standard InChI is InChI=1S/C76H136O28Si8/c1-77-105(78-2,79-3)41-25-33-61-49-65-57-67-51-62(34-26-42-106(80-4,81-5)82-6)53-69(74(67)102-38-30-46-110(92-16,93-17)94-18)59-71-55-64(36-28-44-108(86-10,87-11)88-12)56-72(76(71)104-40-32-48-112(98-22,99-23)100-24)60-70-54-63(35-27-43-107(83-7,84-8)85-9)52-68(75(70)103-39-31-47-111(95-19,96-20)97-21)58-66(50-61)73(65)101-37-29-45-109(89-13,90-14)91-15/h49-56H,25-48,57-60H2,1-24H3. The molecular weight excluding hydrogens is 1590 g/mol. The molecule has 0 saturated carbocycles. The van der Waals surface area contributed by atoms with Gasteiger partial charge in [0.2, 0.25) is 0 Å². The lowest BCUT2D eigenvalue weighted by atomic mass is 9.87. The van der Waals surface area contributed by atoms with E-state index in [1.165, 1.54) is 0 Å². The zero-order valence-electron chi connectivity index (χ0n) is 71.8. The first-order chi connectivity index (χ1) is 54.0. The zero-order valence-corrected chi connectivity index (χ0v) is 79.8. The molecule has 112 heavy (non-hydrogen) atoms. The molecule has 0 N–H and O–H groups in total. The summed E-state index contributed by atoms with van der Waals surface area (Å²) in [5.74, 6) is 2.87. The van der Waals surface area contributed by atoms with Crippen molar-refractivity contribution in [3.63, 3.8) is 0 Å². The molecule has 0 aliphatic heterocycles. The van der Waals surface area contributed by atoms with Crippen molar-refractivity contribution in [1.82, 2.24) is 0 Å². The molecule has 4 aromatic carbocycles. The van der Waals surface area contributed by atoms with Gasteiger partial charge in [0.1, 0.15) is 23.0 Å². The van der Waals surface area contributed by atoms with Crippen LogP contribution in [0, 0.1) is 0 Å². The van der Waals surface area contributed by atoms with Gasteiger partial charge < -0.3 is 125 Å². The average Bonchev–Trinajstić information content (AvgIpc) is 0.771. The number of aryl methyl sites for hydroxylation is 4. The van der Waals surface area contributed by atoms with Crippen LogP contribution < -0.4 is 18.9 Å². The van der Waals surface area contributed by atoms with Crippen molar-refractivity contribution < 1.29 is 125 Å². The summed E-state index contributed by atoms with van der Waals surface area (Å²) in [4.78, 5) is 0. The average molecular weight is 1720 g/mol. The summed E-state index contributed by atoms with van der Waals surface area (Å²) < 4.78 is 174. The SMILES string of the molecule is CO[Si](CCCOc1c2cc(CCC[Si](OC)(OC)OC)cc1Cc1cc(CCC[Si](OC)(OC)OC)cc(c1OCCC[Si](OC)(OC)OC)Cc1cc(CCC[Si](OC)(OC)OC)cc(c1OCCC[Si](OC)(OC)OC)Cc1cc(CCC[Si](OC)(OC)OC)cc(c1OCCC[Si](OC)(OC)OC)C2)(OC)OC. The van der Waals surface area contributed by atoms with Gasteiger partial charge in [-0.2, -0.15) is 0 Å². The van der Waals surface area contributed by atoms with Gasteiger partial charge in [0.25, 0.3) is 0 Å². The van der Waals surface area contributed by atoms with Crippen molar-refractivity contribution in [3.8, 4) is 23.0 Å². The fourth-order valence-electron chi connectivity index (χ4n) is 14.8. The van der Waals surface area contributed by atoms with Crippen LogP contribution in [0.4, 0.5) is 0 Å². The fraction of sp³-hybridized carbons (Fsp3) is 0.684. The van der Waals surface area contributed by atoms with Crippen LogP contribution in [-0.2, 0) is 158 Å². The van der Waals surface area contributed by atoms with Crippen molar-refractivity contribution >= 4 is 70.4 Å². The molecular formula is C76H136O28Si8. The Balaban J connectivity index is 2.11. The lowest BCUT2D eigenvalue weighted by molar-refractivity contribution is 0.120. The van der Waals surface area contributed by atoms with E-state index in [4.69, 9.17) is 125 Å². The van der Waals surface area contributed by atoms with Crippen LogP contribution in [-0.4, -0.2) is 267 Å². The van der Waals surface area contributed by atoms with Crippen molar-refractivity contribution in [3.05, 3.63) is 115 Å². The van der Waals surface area contributed by atoms with Crippen molar-refractivity contribution in [2.75, 3.05) is 197 Å². The Morgan fingerprint density at radius 2 is 0.295 bits per heavy atom. The number of hydrogen-bond acceptors (Lipinski definition) is 28. The lowest BCUT2D eigenvalue weighted by Crippen LogP contribution is -2.42. The van der Waals surface area contributed by atoms with Crippen LogP contribution in [0.15, 0.2) is 48.5 Å². The van der Waals surface area contributed by atoms with E-state index in [2.05, 4.69) is 48.5 Å². The highest BCUT2D eigenvalue weighted by Crippen LogP contribution is 2.43. The highest BCUT2D eigenvalue weighted by Gasteiger charge is 2.44. The van der Waals surface area contributed by atoms with Crippen molar-refractivity contribution in [2.24, 2.45) is 0 Å². The normalized spacial score (nSPS) is 13.5. The third-order valence-corrected chi connectivity index (χ3v) is 44.1. The number of ether oxygens (including phenoxy) is 4. The van der Waals surface area contributed by atoms with E-state index < -0.39 is 70.4 Å². The quantitative estimate of drug-likeness (QED) is 0.0259. The van der Waals surface area contributed by atoms with Gasteiger partial charge in [0.15, 0.2) is 0 Å². The van der Waals surface area contributed by atoms with Gasteiger partial charge >= 0.3 is 70.4 Å². The minimum absolute atomic E-state index is 0.288. The van der Waals surface area contributed by atoms with E-state index in [1.54, 1.807) is 171 Å². The maximum Gasteiger partial charge on any atom is 0.500 e. The summed E-state index contributed by atoms with van der Waals surface area (Å²) in [6, 6.07) is 22.5. The van der Waals surface area contributed by atoms with Crippen LogP contribution in [0.2, 0.25) is 48.4 Å². The second-order valence-corrected chi connectivity index (χ2v) is 52.0. The lowest BCUT2D eigenvalue weighted by Gasteiger charge is -2.27. The fourth-order valence-corrected chi connectivity index (χ4v) is 28.5. The topological polar surface area (TPSA) is 258 Å². The van der Waals surface area contributed by atoms with Crippen LogP contribution in [0.3, 0.4) is 0 Å². The molecule has 36 heteroatoms. The molecule has 4 aromatic rings. The molecule has 0 spiro atoms. The molecule has 1 aliphatic carbocycles. The zero-order chi connectivity index (χ0) is 82.5. The van der Waals surface area contributed by atoms with E-state index in [-0.39, 0.29) is 26.4 Å². The Bertz CT molecular complexity index is 2750. The third kappa shape index (κ3) is 27.4. The Morgan fingerprint density at radius 1 is 0.179 bits per heavy atom. The van der Waals surface area contributed by atoms with Gasteiger partial charge in [0.05, 0.1) is 26.4 Å². The minimum atomic E-state index is -3.07. The number of benzene rings is 4. The summed E-state index contributed by atoms with van der Waals surface area (Å²) in [5, 5.41) is 0. The summed E-state index contributed by atoms with van der Waals surface area (Å²) in [6.07, 6.45) is 8.89. The third-order valence-electron chi connectivity index (χ3n) is 21.5. The predicted octanol–water partition coefficient (Wildman–Crippen LogP) is 12.2. The summed E-state index contributed by atoms with van der Waals surface area (Å²) >= 11 is 0. The first-order valence-corrected chi connectivity index (χ1v) is 53.8. The molecule has 0 unspecified atom stereocenters. The molecule has 640 valence electrons. The van der Waals surface area contributed by atoms with Gasteiger partial charge in [-0.25, -0.2) is 0 Å². The largest absolute Gasteiger partial charge is 0.500 e. The predicted molar refractivity (Wildman–Crippen MR) is 443 cm³/mol. The maximum absolute atomic E-state index is 7.46. The number of hydrogen-bond donors (Lipinski definition) is 0. The van der Waals surface area contributed by atoms with E-state index in [0.717, 1.165) is 89.8 Å². The molecule has 0 saturated heterocycles. The second kappa shape index (κ2) is 50.1. The molecule has 0 radical (unpaired) electrons. The van der Waals surface area contributed by atoms with Gasteiger partial charge in [0, 0.05) is 245 Å². The molecule has 0 fully saturated rings. The van der Waals surface area contributed by atoms with Crippen LogP contribution in [0.5, 0.6) is 23.0 Å². The number of rotatable bonds is 60. The molecule has 1 aliphatic rings. The number of fused-ring (bicyclic) bond motifs is 8. The van der Waals surface area contributed by atoms with E-state index in [0.29, 0.717) is 151 Å². The van der Waals surface area contributed by atoms with Crippen molar-refractivity contribution in [1.29, 1.82) is 0 Å². The molecule has 0 heterocycles. The van der Waals surface area contributed by atoms with Gasteiger partial charge in [-0.15, -0.1) is 0 Å². The highest BCUT2D eigenvalue weighted by molar-refractivity contribution is 6.63. The molecule has 28 nitrogen and oxygen atoms in total. The first kappa shape index (κ1) is 99.4. The van der Waals surface area contributed by atoms with E-state index in [1.807, 2.05) is 0 Å². The summed E-state index contributed by atoms with van der Waals surface area (Å²) in [6.45, 7) is 1.15. The van der Waals surface area contributed by atoms with Gasteiger partial charge in [-0.1, -0.05) is 48.5 Å². The molecule has 0 amide bonds. The molecule has 8 bridgehead atoms. The molecule has 0 atom stereocenters. The van der Waals surface area contributed by atoms with Crippen LogP contribution >= 0.6 is 0 Å². The minimum Gasteiger partial charge on any atom is -0.493 e. The van der Waals surface area contributed by atoms with Gasteiger partial charge in [-0.3, -0.25) is 0 Å². The second-order valence-electron chi connectivity index (χ2n) is 27.3. The van der Waals surface area contributed by atoms with Crippen LogP contribution in [0.1, 0.15) is 118 Å². The summed E-state index contributed by atoms with van der Waals surface area (Å²) in [5.41, 5.74) is 11.7. The van der Waals surface area contributed by atoms with E-state index in [9.17, 15) is 0 Å². The first-order valence-electron chi connectivity index (χ1n) is 38.4. The Kier molecular flexibility index (Phi) is 44.4. The summed E-state index contributed by atoms with van der Waals surface area (Å²) in [7, 11) is 15.0. The van der Waals surface area contributed by atoms with Crippen LogP contribution in [0.25, 0.3) is 0 Å². The molecule has 5 rings (SSSR count). The smallest absolute Gasteiger partial charge is 0.493 e. The van der Waals surface area contributed by atoms with Gasteiger partial charge in [-0.05, 0) is 144 Å². The highest BCUT2D eigenvalue weighted by atomic mass is 28.4. The Labute approximate surface area is 678 Å². The monoisotopic (exact) mass is 1720 g/mol. The Morgan fingerprint density at radius 3 is 0.411 bits per heavy atom. The van der Waals surface area contributed by atoms with E-state index >= 15 is 0 Å². The van der Waals surface area contributed by atoms with Crippen molar-refractivity contribution in [2.45, 2.75) is 151 Å².